The van der Waals surface area contributed by atoms with E-state index in [4.69, 9.17) is 5.26 Å². The molecule has 27 heavy (non-hydrogen) atoms. The molecule has 0 spiro atoms. The molecule has 0 aliphatic heterocycles. The minimum Gasteiger partial charge on any atom is -0.296 e. The number of amides is 1. The highest BCUT2D eigenvalue weighted by Crippen LogP contribution is 2.28. The second-order valence-corrected chi connectivity index (χ2v) is 8.98. The number of carbonyl (C=O) groups excluding carboxylic acids is 1. The van der Waals surface area contributed by atoms with Crippen LogP contribution in [0.5, 0.6) is 0 Å². The molecule has 1 atom stereocenters. The highest BCUT2D eigenvalue weighted by molar-refractivity contribution is 8.00. The van der Waals surface area contributed by atoms with Gasteiger partial charge >= 0.3 is 0 Å². The Balaban J connectivity index is 1.57. The summed E-state index contributed by atoms with van der Waals surface area (Å²) in [5, 5.41) is 20.0. The highest BCUT2D eigenvalue weighted by Gasteiger charge is 2.11. The van der Waals surface area contributed by atoms with E-state index in [0.29, 0.717) is 26.9 Å². The van der Waals surface area contributed by atoms with Crippen molar-refractivity contribution in [1.29, 1.82) is 5.26 Å². The van der Waals surface area contributed by atoms with Crippen molar-refractivity contribution in [3.05, 3.63) is 65.2 Å². The first-order chi connectivity index (χ1) is 13.0. The van der Waals surface area contributed by atoms with Crippen LogP contribution in [0.1, 0.15) is 21.5 Å². The average Bonchev–Trinajstić information content (AvgIpc) is 3.14. The summed E-state index contributed by atoms with van der Waals surface area (Å²) in [5.74, 6) is 0.410. The number of nitrogens with zero attached hydrogens (tertiary/aromatic N) is 3. The number of nitrogens with one attached hydrogen (secondary N) is 1. The molecular formula is C18H14N4O2S3. The number of rotatable bonds is 6. The van der Waals surface area contributed by atoms with E-state index in [1.54, 1.807) is 42.7 Å². The lowest BCUT2D eigenvalue weighted by Crippen LogP contribution is -2.11. The second kappa shape index (κ2) is 8.90. The summed E-state index contributed by atoms with van der Waals surface area (Å²) in [6.45, 7) is 0. The molecule has 1 heterocycles. The second-order valence-electron chi connectivity index (χ2n) is 5.40. The molecule has 9 heteroatoms. The van der Waals surface area contributed by atoms with Gasteiger partial charge in [-0.05, 0) is 42.0 Å². The highest BCUT2D eigenvalue weighted by atomic mass is 32.2. The lowest BCUT2D eigenvalue weighted by Gasteiger charge is -2.02. The smallest absolute Gasteiger partial charge is 0.257 e. The summed E-state index contributed by atoms with van der Waals surface area (Å²) >= 11 is 2.81. The molecule has 1 aromatic heterocycles. The Hall–Kier alpha value is -2.54. The topological polar surface area (TPSA) is 95.7 Å². The largest absolute Gasteiger partial charge is 0.296 e. The maximum Gasteiger partial charge on any atom is 0.257 e. The predicted octanol–water partition coefficient (Wildman–Crippen LogP) is 3.69. The van der Waals surface area contributed by atoms with Crippen molar-refractivity contribution in [1.82, 2.24) is 10.2 Å². The third-order valence-corrected chi connectivity index (χ3v) is 6.50. The summed E-state index contributed by atoms with van der Waals surface area (Å²) in [6, 6.07) is 16.1. The van der Waals surface area contributed by atoms with Gasteiger partial charge in [0.25, 0.3) is 5.91 Å². The zero-order chi connectivity index (χ0) is 19.2. The maximum atomic E-state index is 12.3. The third-order valence-electron chi connectivity index (χ3n) is 3.52. The van der Waals surface area contributed by atoms with Gasteiger partial charge in [-0.25, -0.2) is 0 Å². The summed E-state index contributed by atoms with van der Waals surface area (Å²) in [5.41, 5.74) is 2.17. The van der Waals surface area contributed by atoms with E-state index in [1.807, 2.05) is 12.1 Å². The first-order valence-electron chi connectivity index (χ1n) is 7.75. The van der Waals surface area contributed by atoms with Crippen LogP contribution >= 0.6 is 23.1 Å². The third kappa shape index (κ3) is 5.23. The summed E-state index contributed by atoms with van der Waals surface area (Å²) in [4.78, 5) is 12.9. The van der Waals surface area contributed by atoms with E-state index in [0.717, 1.165) is 9.90 Å². The molecule has 6 nitrogen and oxygen atoms in total. The van der Waals surface area contributed by atoms with Crippen LogP contribution in [0.3, 0.4) is 0 Å². The first kappa shape index (κ1) is 19.2. The van der Waals surface area contributed by atoms with Crippen molar-refractivity contribution in [2.75, 3.05) is 11.6 Å². The molecule has 0 fully saturated rings. The Kier molecular flexibility index (Phi) is 6.34. The van der Waals surface area contributed by atoms with Gasteiger partial charge in [0.2, 0.25) is 5.13 Å². The number of aromatic nitrogens is 2. The number of nitriles is 1. The van der Waals surface area contributed by atoms with Gasteiger partial charge in [-0.15, -0.1) is 10.2 Å². The van der Waals surface area contributed by atoms with Crippen molar-refractivity contribution in [2.24, 2.45) is 0 Å². The van der Waals surface area contributed by atoms with Gasteiger partial charge in [0, 0.05) is 33.3 Å². The Bertz CT molecular complexity index is 1010. The molecule has 3 aromatic rings. The molecule has 0 bridgehead atoms. The fourth-order valence-electron chi connectivity index (χ4n) is 2.11. The number of hydrogen-bond acceptors (Lipinski definition) is 7. The molecule has 0 radical (unpaired) electrons. The van der Waals surface area contributed by atoms with Gasteiger partial charge in [0.15, 0.2) is 4.34 Å². The standard InChI is InChI=1S/C18H14N4O2S3/c1-27(24)15-8-6-14(7-9-15)16(23)20-17-21-22-18(26-17)25-11-13-4-2-12(10-19)3-5-13/h2-9H,11H2,1H3,(H,20,21,23). The lowest BCUT2D eigenvalue weighted by molar-refractivity contribution is 0.102. The molecule has 136 valence electrons. The van der Waals surface area contributed by atoms with Crippen molar-refractivity contribution in [3.63, 3.8) is 0 Å². The normalized spacial score (nSPS) is 11.6. The molecule has 3 rings (SSSR count). The number of thioether (sulfide) groups is 1. The lowest BCUT2D eigenvalue weighted by atomic mass is 10.2. The Labute approximate surface area is 167 Å². The van der Waals surface area contributed by atoms with Crippen LogP contribution in [0, 0.1) is 11.3 Å². The van der Waals surface area contributed by atoms with Crippen LogP contribution in [0.2, 0.25) is 0 Å². The van der Waals surface area contributed by atoms with Crippen LogP contribution in [-0.4, -0.2) is 26.6 Å². The molecule has 0 saturated heterocycles. The Morgan fingerprint density at radius 3 is 2.52 bits per heavy atom. The average molecular weight is 415 g/mol. The predicted molar refractivity (Wildman–Crippen MR) is 107 cm³/mol. The zero-order valence-corrected chi connectivity index (χ0v) is 16.7. The fourth-order valence-corrected chi connectivity index (χ4v) is 4.33. The van der Waals surface area contributed by atoms with Gasteiger partial charge < -0.3 is 0 Å². The van der Waals surface area contributed by atoms with E-state index >= 15 is 0 Å². The van der Waals surface area contributed by atoms with Crippen molar-refractivity contribution in [3.8, 4) is 6.07 Å². The summed E-state index contributed by atoms with van der Waals surface area (Å²) in [7, 11) is -1.08. The number of anilines is 1. The van der Waals surface area contributed by atoms with E-state index in [9.17, 15) is 9.00 Å². The van der Waals surface area contributed by atoms with Crippen LogP contribution in [0.25, 0.3) is 0 Å². The maximum absolute atomic E-state index is 12.3. The van der Waals surface area contributed by atoms with Gasteiger partial charge in [-0.1, -0.05) is 35.2 Å². The molecule has 1 unspecified atom stereocenters. The van der Waals surface area contributed by atoms with Crippen LogP contribution in [-0.2, 0) is 16.6 Å². The van der Waals surface area contributed by atoms with E-state index in [1.165, 1.54) is 23.1 Å². The van der Waals surface area contributed by atoms with Crippen LogP contribution in [0.15, 0.2) is 57.8 Å². The number of benzene rings is 2. The van der Waals surface area contributed by atoms with Gasteiger partial charge in [0.1, 0.15) is 0 Å². The molecule has 2 aromatic carbocycles. The molecule has 0 aliphatic rings. The monoisotopic (exact) mass is 414 g/mol. The van der Waals surface area contributed by atoms with E-state index in [2.05, 4.69) is 21.6 Å². The first-order valence-corrected chi connectivity index (χ1v) is 11.1. The number of hydrogen-bond donors (Lipinski definition) is 1. The van der Waals surface area contributed by atoms with Crippen LogP contribution < -0.4 is 5.32 Å². The number of carbonyl (C=O) groups is 1. The van der Waals surface area contributed by atoms with Gasteiger partial charge in [-0.3, -0.25) is 14.3 Å². The van der Waals surface area contributed by atoms with Crippen LogP contribution in [0.4, 0.5) is 5.13 Å². The van der Waals surface area contributed by atoms with Gasteiger partial charge in [0.05, 0.1) is 11.6 Å². The zero-order valence-electron chi connectivity index (χ0n) is 14.2. The molecule has 0 saturated carbocycles. The minimum absolute atomic E-state index is 0.289. The Morgan fingerprint density at radius 2 is 1.89 bits per heavy atom. The molecular weight excluding hydrogens is 400 g/mol. The Morgan fingerprint density at radius 1 is 1.19 bits per heavy atom. The molecule has 1 amide bonds. The summed E-state index contributed by atoms with van der Waals surface area (Å²) in [6.07, 6.45) is 1.59. The quantitative estimate of drug-likeness (QED) is 0.488. The van der Waals surface area contributed by atoms with Crippen molar-refractivity contribution < 1.29 is 9.00 Å². The SMILES string of the molecule is CS(=O)c1ccc(C(=O)Nc2nnc(SCc3ccc(C#N)cc3)s2)cc1. The van der Waals surface area contributed by atoms with Crippen molar-refractivity contribution >= 4 is 44.9 Å². The molecule has 0 aliphatic carbocycles. The molecule has 1 N–H and O–H groups in total. The van der Waals surface area contributed by atoms with E-state index in [-0.39, 0.29) is 5.91 Å². The summed E-state index contributed by atoms with van der Waals surface area (Å²) < 4.78 is 12.1. The van der Waals surface area contributed by atoms with Crippen molar-refractivity contribution in [2.45, 2.75) is 15.0 Å². The minimum atomic E-state index is -1.08. The van der Waals surface area contributed by atoms with E-state index < -0.39 is 10.8 Å². The fraction of sp³-hybridized carbons (Fsp3) is 0.111. The van der Waals surface area contributed by atoms with Gasteiger partial charge in [-0.2, -0.15) is 5.26 Å².